The lowest BCUT2D eigenvalue weighted by Crippen LogP contribution is -2.35. The van der Waals surface area contributed by atoms with Crippen molar-refractivity contribution in [1.29, 1.82) is 0 Å². The van der Waals surface area contributed by atoms with E-state index in [4.69, 9.17) is 0 Å². The lowest BCUT2D eigenvalue weighted by atomic mass is 9.88. The lowest BCUT2D eigenvalue weighted by molar-refractivity contribution is -0.120. The van der Waals surface area contributed by atoms with Gasteiger partial charge in [-0.05, 0) is 35.9 Å². The Hall–Kier alpha value is -2.43. The fourth-order valence-electron chi connectivity index (χ4n) is 3.20. The summed E-state index contributed by atoms with van der Waals surface area (Å²) in [6.45, 7) is 3.07. The molecule has 27 heavy (non-hydrogen) atoms. The maximum atomic E-state index is 12.2. The van der Waals surface area contributed by atoms with Gasteiger partial charge in [-0.25, -0.2) is 0 Å². The van der Waals surface area contributed by atoms with E-state index in [1.165, 1.54) is 16.0 Å². The van der Waals surface area contributed by atoms with Crippen LogP contribution in [0.1, 0.15) is 41.3 Å². The summed E-state index contributed by atoms with van der Waals surface area (Å²) in [5, 5.41) is 8.40. The van der Waals surface area contributed by atoms with E-state index in [9.17, 15) is 4.79 Å². The van der Waals surface area contributed by atoms with Crippen molar-refractivity contribution in [2.75, 3.05) is 13.1 Å². The van der Waals surface area contributed by atoms with Crippen LogP contribution < -0.4 is 10.6 Å². The van der Waals surface area contributed by atoms with Gasteiger partial charge in [0.25, 0.3) is 0 Å². The predicted molar refractivity (Wildman–Crippen MR) is 113 cm³/mol. The average Bonchev–Trinajstić information content (AvgIpc) is 3.26. The van der Waals surface area contributed by atoms with Crippen LogP contribution in [0.25, 0.3) is 0 Å². The molecule has 0 spiro atoms. The Morgan fingerprint density at radius 2 is 1.56 bits per heavy atom. The third-order valence-electron chi connectivity index (χ3n) is 4.70. The van der Waals surface area contributed by atoms with Gasteiger partial charge in [-0.3, -0.25) is 4.79 Å². The number of nitrogens with one attached hydrogen (secondary N) is 2. The molecule has 0 saturated heterocycles. The first kappa shape index (κ1) is 19.3. The second-order valence-electron chi connectivity index (χ2n) is 6.63. The van der Waals surface area contributed by atoms with Gasteiger partial charge in [-0.2, -0.15) is 0 Å². The van der Waals surface area contributed by atoms with Crippen molar-refractivity contribution in [3.63, 3.8) is 0 Å². The molecule has 0 radical (unpaired) electrons. The van der Waals surface area contributed by atoms with Crippen molar-refractivity contribution in [2.24, 2.45) is 0 Å². The van der Waals surface area contributed by atoms with Crippen LogP contribution in [0, 0.1) is 0 Å². The number of thiophene rings is 1. The number of hydrogen-bond donors (Lipinski definition) is 2. The molecule has 3 nitrogen and oxygen atoms in total. The molecule has 2 aromatic carbocycles. The molecular formula is C23H26N2OS. The highest BCUT2D eigenvalue weighted by atomic mass is 32.1. The molecule has 4 heteroatoms. The van der Waals surface area contributed by atoms with E-state index in [2.05, 4.69) is 77.5 Å². The first-order valence-corrected chi connectivity index (χ1v) is 10.3. The van der Waals surface area contributed by atoms with Gasteiger partial charge in [0, 0.05) is 23.4 Å². The molecule has 0 fully saturated rings. The van der Waals surface area contributed by atoms with Crippen LogP contribution in [-0.2, 0) is 4.79 Å². The van der Waals surface area contributed by atoms with Crippen LogP contribution in [0.5, 0.6) is 0 Å². The fraction of sp³-hybridized carbons (Fsp3) is 0.261. The van der Waals surface area contributed by atoms with Crippen molar-refractivity contribution in [3.8, 4) is 0 Å². The van der Waals surface area contributed by atoms with Gasteiger partial charge in [0.2, 0.25) is 5.91 Å². The van der Waals surface area contributed by atoms with Crippen LogP contribution in [0.4, 0.5) is 0 Å². The van der Waals surface area contributed by atoms with Crippen molar-refractivity contribution in [2.45, 2.75) is 25.3 Å². The van der Waals surface area contributed by atoms with Gasteiger partial charge in [0.05, 0.1) is 6.54 Å². The molecule has 1 unspecified atom stereocenters. The minimum atomic E-state index is 0.0401. The number of rotatable bonds is 9. The number of carbonyl (C=O) groups excluding carboxylic acids is 1. The zero-order valence-corrected chi connectivity index (χ0v) is 16.4. The molecule has 3 aromatic rings. The second kappa shape index (κ2) is 10.0. The van der Waals surface area contributed by atoms with E-state index in [1.54, 1.807) is 11.3 Å². The number of amides is 1. The third-order valence-corrected chi connectivity index (χ3v) is 5.75. The summed E-state index contributed by atoms with van der Waals surface area (Å²) in [5.41, 5.74) is 2.56. The zero-order valence-electron chi connectivity index (χ0n) is 15.6. The maximum Gasteiger partial charge on any atom is 0.233 e. The second-order valence-corrected chi connectivity index (χ2v) is 7.61. The molecule has 0 bridgehead atoms. The van der Waals surface area contributed by atoms with Crippen molar-refractivity contribution in [3.05, 3.63) is 94.2 Å². The van der Waals surface area contributed by atoms with Gasteiger partial charge in [-0.15, -0.1) is 11.3 Å². The topological polar surface area (TPSA) is 41.1 Å². The zero-order chi connectivity index (χ0) is 18.9. The average molecular weight is 379 g/mol. The third kappa shape index (κ3) is 5.78. The number of hydrogen-bond acceptors (Lipinski definition) is 3. The quantitative estimate of drug-likeness (QED) is 0.565. The van der Waals surface area contributed by atoms with Gasteiger partial charge in [-0.1, -0.05) is 66.7 Å². The van der Waals surface area contributed by atoms with Crippen LogP contribution in [0.3, 0.4) is 0 Å². The first-order chi connectivity index (χ1) is 13.2. The Morgan fingerprint density at radius 3 is 2.11 bits per heavy atom. The highest BCUT2D eigenvalue weighted by Crippen LogP contribution is 2.27. The molecule has 1 heterocycles. The highest BCUT2D eigenvalue weighted by molar-refractivity contribution is 7.10. The molecule has 0 aliphatic heterocycles. The molecule has 0 aliphatic carbocycles. The minimum Gasteiger partial charge on any atom is -0.355 e. The van der Waals surface area contributed by atoms with Crippen LogP contribution in [0.2, 0.25) is 0 Å². The van der Waals surface area contributed by atoms with Gasteiger partial charge < -0.3 is 10.6 Å². The minimum absolute atomic E-state index is 0.0401. The van der Waals surface area contributed by atoms with Crippen LogP contribution in [-0.4, -0.2) is 19.0 Å². The van der Waals surface area contributed by atoms with E-state index >= 15 is 0 Å². The van der Waals surface area contributed by atoms with E-state index in [0.29, 0.717) is 13.1 Å². The van der Waals surface area contributed by atoms with Gasteiger partial charge in [0.15, 0.2) is 0 Å². The molecule has 140 valence electrons. The Morgan fingerprint density at radius 1 is 0.926 bits per heavy atom. The van der Waals surface area contributed by atoms with Gasteiger partial charge in [0.1, 0.15) is 0 Å². The first-order valence-electron chi connectivity index (χ1n) is 9.37. The van der Waals surface area contributed by atoms with E-state index < -0.39 is 0 Å². The summed E-state index contributed by atoms with van der Waals surface area (Å²) in [6.07, 6.45) is 0.875. The summed E-state index contributed by atoms with van der Waals surface area (Å²) in [5.74, 6) is 0.323. The molecule has 0 aliphatic rings. The molecular weight excluding hydrogens is 352 g/mol. The largest absolute Gasteiger partial charge is 0.355 e. The fourth-order valence-corrected chi connectivity index (χ4v) is 3.96. The Labute approximate surface area is 165 Å². The highest BCUT2D eigenvalue weighted by Gasteiger charge is 2.14. The summed E-state index contributed by atoms with van der Waals surface area (Å²) < 4.78 is 0. The summed E-state index contributed by atoms with van der Waals surface area (Å²) in [7, 11) is 0. The van der Waals surface area contributed by atoms with Crippen molar-refractivity contribution in [1.82, 2.24) is 10.6 Å². The number of carbonyl (C=O) groups is 1. The summed E-state index contributed by atoms with van der Waals surface area (Å²) in [6, 6.07) is 25.3. The molecule has 1 aromatic heterocycles. The summed E-state index contributed by atoms with van der Waals surface area (Å²) in [4.78, 5) is 13.4. The van der Waals surface area contributed by atoms with E-state index in [-0.39, 0.29) is 17.9 Å². The van der Waals surface area contributed by atoms with Gasteiger partial charge >= 0.3 is 0 Å². The molecule has 0 saturated carbocycles. The number of benzene rings is 2. The predicted octanol–water partition coefficient (Wildman–Crippen LogP) is 4.74. The van der Waals surface area contributed by atoms with E-state index in [0.717, 1.165) is 6.42 Å². The lowest BCUT2D eigenvalue weighted by Gasteiger charge is -2.19. The SMILES string of the molecule is CC(NCC(=O)NCCC(c1ccccc1)c1ccccc1)c1cccs1. The van der Waals surface area contributed by atoms with Crippen molar-refractivity contribution < 1.29 is 4.79 Å². The van der Waals surface area contributed by atoms with E-state index in [1.807, 2.05) is 18.2 Å². The van der Waals surface area contributed by atoms with Crippen LogP contribution in [0.15, 0.2) is 78.2 Å². The standard InChI is InChI=1S/C23H26N2OS/c1-18(22-13-8-16-27-22)25-17-23(26)24-15-14-21(19-9-4-2-5-10-19)20-11-6-3-7-12-20/h2-13,16,18,21,25H,14-15,17H2,1H3,(H,24,26). The Bertz CT molecular complexity index is 763. The molecule has 1 atom stereocenters. The molecule has 2 N–H and O–H groups in total. The molecule has 1 amide bonds. The van der Waals surface area contributed by atoms with Crippen LogP contribution >= 0.6 is 11.3 Å². The van der Waals surface area contributed by atoms with Crippen molar-refractivity contribution >= 4 is 17.2 Å². The smallest absolute Gasteiger partial charge is 0.233 e. The normalized spacial score (nSPS) is 12.1. The maximum absolute atomic E-state index is 12.2. The summed E-state index contributed by atoms with van der Waals surface area (Å²) >= 11 is 1.71. The molecule has 3 rings (SSSR count). The Kier molecular flexibility index (Phi) is 7.19. The monoisotopic (exact) mass is 378 g/mol. The Balaban J connectivity index is 1.51.